The summed E-state index contributed by atoms with van der Waals surface area (Å²) in [5.41, 5.74) is -0.228. The van der Waals surface area contributed by atoms with Gasteiger partial charge in [-0.3, -0.25) is 0 Å². The highest BCUT2D eigenvalue weighted by Gasteiger charge is 2.59. The van der Waals surface area contributed by atoms with E-state index in [0.29, 0.717) is 11.6 Å². The Balaban J connectivity index is 1.80. The van der Waals surface area contributed by atoms with Gasteiger partial charge in [-0.1, -0.05) is 25.4 Å². The Morgan fingerprint density at radius 1 is 1.33 bits per heavy atom. The molecule has 0 amide bonds. The fourth-order valence-corrected chi connectivity index (χ4v) is 3.83. The summed E-state index contributed by atoms with van der Waals surface area (Å²) in [6.07, 6.45) is -3.17. The van der Waals surface area contributed by atoms with Crippen LogP contribution in [0.5, 0.6) is 0 Å². The standard InChI is InChI=1S/C15H17ClF3NO/c1-14(2)12(9-5-6-21-13(9)14)20-11-4-3-8(7-10(11)16)15(17,18)19/h3-4,7,9,12-13,20H,5-6H2,1-2H3. The zero-order chi connectivity index (χ0) is 15.4. The normalized spacial score (nSPS) is 30.7. The van der Waals surface area contributed by atoms with Gasteiger partial charge in [0, 0.05) is 24.0 Å². The highest BCUT2D eigenvalue weighted by molar-refractivity contribution is 6.33. The summed E-state index contributed by atoms with van der Waals surface area (Å²) in [5.74, 6) is 0.401. The molecule has 2 nitrogen and oxygen atoms in total. The molecule has 116 valence electrons. The Morgan fingerprint density at radius 3 is 2.67 bits per heavy atom. The summed E-state index contributed by atoms with van der Waals surface area (Å²) >= 11 is 6.00. The number of rotatable bonds is 2. The third-order valence-electron chi connectivity index (χ3n) is 4.71. The number of fused-ring (bicyclic) bond motifs is 1. The molecule has 2 fully saturated rings. The molecule has 0 aromatic heterocycles. The number of ether oxygens (including phenoxy) is 1. The zero-order valence-corrected chi connectivity index (χ0v) is 12.6. The molecule has 3 rings (SSSR count). The van der Waals surface area contributed by atoms with Gasteiger partial charge < -0.3 is 10.1 Å². The molecule has 6 heteroatoms. The van der Waals surface area contributed by atoms with Crippen molar-refractivity contribution in [3.63, 3.8) is 0 Å². The summed E-state index contributed by atoms with van der Waals surface area (Å²) in [6.45, 7) is 4.96. The maximum Gasteiger partial charge on any atom is 0.416 e. The molecule has 2 aliphatic rings. The predicted molar refractivity (Wildman–Crippen MR) is 75.5 cm³/mol. The molecule has 1 aromatic rings. The van der Waals surface area contributed by atoms with Crippen LogP contribution in [0.2, 0.25) is 5.02 Å². The second-order valence-corrected chi connectivity index (χ2v) is 6.79. The van der Waals surface area contributed by atoms with Crippen LogP contribution in [0.1, 0.15) is 25.8 Å². The van der Waals surface area contributed by atoms with Gasteiger partial charge in [0.25, 0.3) is 0 Å². The summed E-state index contributed by atoms with van der Waals surface area (Å²) in [4.78, 5) is 0. The van der Waals surface area contributed by atoms with Crippen molar-refractivity contribution in [1.82, 2.24) is 0 Å². The molecular weight excluding hydrogens is 303 g/mol. The van der Waals surface area contributed by atoms with E-state index in [1.807, 2.05) is 0 Å². The Bertz CT molecular complexity index is 558. The van der Waals surface area contributed by atoms with E-state index in [9.17, 15) is 13.2 Å². The Labute approximate surface area is 126 Å². The van der Waals surface area contributed by atoms with E-state index in [2.05, 4.69) is 19.2 Å². The first-order chi connectivity index (χ1) is 9.71. The van der Waals surface area contributed by atoms with Crippen LogP contribution < -0.4 is 5.32 Å². The lowest BCUT2D eigenvalue weighted by Crippen LogP contribution is -2.63. The Kier molecular flexibility index (Phi) is 3.41. The molecule has 0 radical (unpaired) electrons. The maximum atomic E-state index is 12.6. The highest BCUT2D eigenvalue weighted by atomic mass is 35.5. The number of nitrogens with one attached hydrogen (secondary N) is 1. The van der Waals surface area contributed by atoms with Crippen LogP contribution in [0.25, 0.3) is 0 Å². The highest BCUT2D eigenvalue weighted by Crippen LogP contribution is 2.53. The van der Waals surface area contributed by atoms with E-state index in [1.54, 1.807) is 0 Å². The smallest absolute Gasteiger partial charge is 0.380 e. The fraction of sp³-hybridized carbons (Fsp3) is 0.600. The van der Waals surface area contributed by atoms with Crippen LogP contribution in [0.15, 0.2) is 18.2 Å². The summed E-state index contributed by atoms with van der Waals surface area (Å²) < 4.78 is 43.6. The molecule has 0 spiro atoms. The summed E-state index contributed by atoms with van der Waals surface area (Å²) in [6, 6.07) is 3.60. The molecule has 1 aliphatic heterocycles. The lowest BCUT2D eigenvalue weighted by atomic mass is 9.57. The third kappa shape index (κ3) is 2.40. The summed E-state index contributed by atoms with van der Waals surface area (Å²) in [5, 5.41) is 3.41. The minimum atomic E-state index is -4.37. The van der Waals surface area contributed by atoms with Crippen molar-refractivity contribution in [3.05, 3.63) is 28.8 Å². The van der Waals surface area contributed by atoms with Gasteiger partial charge in [0.05, 0.1) is 22.4 Å². The molecule has 3 atom stereocenters. The summed E-state index contributed by atoms with van der Waals surface area (Å²) in [7, 11) is 0. The van der Waals surface area contributed by atoms with Crippen LogP contribution >= 0.6 is 11.6 Å². The van der Waals surface area contributed by atoms with E-state index < -0.39 is 11.7 Å². The number of alkyl halides is 3. The first kappa shape index (κ1) is 15.0. The molecule has 1 aliphatic carbocycles. The van der Waals surface area contributed by atoms with E-state index >= 15 is 0 Å². The van der Waals surface area contributed by atoms with Crippen molar-refractivity contribution in [2.75, 3.05) is 11.9 Å². The van der Waals surface area contributed by atoms with E-state index in [0.717, 1.165) is 25.2 Å². The quantitative estimate of drug-likeness (QED) is 0.861. The van der Waals surface area contributed by atoms with Crippen LogP contribution in [-0.2, 0) is 10.9 Å². The lowest BCUT2D eigenvalue weighted by Gasteiger charge is -2.55. The average molecular weight is 320 g/mol. The second kappa shape index (κ2) is 4.78. The van der Waals surface area contributed by atoms with Gasteiger partial charge in [-0.2, -0.15) is 13.2 Å². The van der Waals surface area contributed by atoms with Crippen molar-refractivity contribution in [3.8, 4) is 0 Å². The van der Waals surface area contributed by atoms with Crippen LogP contribution in [0.3, 0.4) is 0 Å². The van der Waals surface area contributed by atoms with Gasteiger partial charge in [0.15, 0.2) is 0 Å². The molecule has 21 heavy (non-hydrogen) atoms. The first-order valence-electron chi connectivity index (χ1n) is 6.96. The number of benzene rings is 1. The van der Waals surface area contributed by atoms with E-state index in [1.165, 1.54) is 6.07 Å². The lowest BCUT2D eigenvalue weighted by molar-refractivity contribution is -0.137. The van der Waals surface area contributed by atoms with Gasteiger partial charge in [-0.05, 0) is 24.6 Å². The molecule has 1 saturated heterocycles. The SMILES string of the molecule is CC1(C)C(Nc2ccc(C(F)(F)F)cc2Cl)C2CCOC21. The monoisotopic (exact) mass is 319 g/mol. The van der Waals surface area contributed by atoms with Gasteiger partial charge in [-0.25, -0.2) is 0 Å². The van der Waals surface area contributed by atoms with E-state index in [4.69, 9.17) is 16.3 Å². The van der Waals surface area contributed by atoms with Crippen LogP contribution in [0, 0.1) is 11.3 Å². The van der Waals surface area contributed by atoms with Crippen molar-refractivity contribution >= 4 is 17.3 Å². The minimum absolute atomic E-state index is 0.0484. The van der Waals surface area contributed by atoms with Crippen molar-refractivity contribution in [1.29, 1.82) is 0 Å². The molecule has 0 bridgehead atoms. The van der Waals surface area contributed by atoms with Crippen molar-refractivity contribution < 1.29 is 17.9 Å². The second-order valence-electron chi connectivity index (χ2n) is 6.38. The number of halogens is 4. The molecule has 1 saturated carbocycles. The third-order valence-corrected chi connectivity index (χ3v) is 5.02. The predicted octanol–water partition coefficient (Wildman–Crippen LogP) is 4.58. The molecule has 3 unspecified atom stereocenters. The topological polar surface area (TPSA) is 21.3 Å². The van der Waals surface area contributed by atoms with Gasteiger partial charge in [0.1, 0.15) is 0 Å². The van der Waals surface area contributed by atoms with Crippen molar-refractivity contribution in [2.24, 2.45) is 11.3 Å². The van der Waals surface area contributed by atoms with E-state index in [-0.39, 0.29) is 22.6 Å². The number of hydrogen-bond acceptors (Lipinski definition) is 2. The van der Waals surface area contributed by atoms with Gasteiger partial charge in [0.2, 0.25) is 0 Å². The molecular formula is C15H17ClF3NO. The maximum absolute atomic E-state index is 12.6. The van der Waals surface area contributed by atoms with Gasteiger partial charge in [-0.15, -0.1) is 0 Å². The Morgan fingerprint density at radius 2 is 2.05 bits per heavy atom. The molecule has 1 aromatic carbocycles. The zero-order valence-electron chi connectivity index (χ0n) is 11.8. The molecule has 1 N–H and O–H groups in total. The number of anilines is 1. The van der Waals surface area contributed by atoms with Gasteiger partial charge >= 0.3 is 6.18 Å². The number of hydrogen-bond donors (Lipinski definition) is 1. The van der Waals surface area contributed by atoms with Crippen LogP contribution in [0.4, 0.5) is 18.9 Å². The largest absolute Gasteiger partial charge is 0.416 e. The Hall–Kier alpha value is -0.940. The van der Waals surface area contributed by atoms with Crippen molar-refractivity contribution in [2.45, 2.75) is 38.6 Å². The van der Waals surface area contributed by atoms with Crippen LogP contribution in [-0.4, -0.2) is 18.8 Å². The fourth-order valence-electron chi connectivity index (χ4n) is 3.59. The average Bonchev–Trinajstić information content (AvgIpc) is 2.82. The molecule has 1 heterocycles. The first-order valence-corrected chi connectivity index (χ1v) is 7.34. The minimum Gasteiger partial charge on any atom is -0.380 e.